The molecular formula is C11H11BrFNO. The van der Waals surface area contributed by atoms with Gasteiger partial charge < -0.3 is 5.32 Å². The third kappa shape index (κ3) is 2.89. The van der Waals surface area contributed by atoms with Crippen LogP contribution >= 0.6 is 15.9 Å². The van der Waals surface area contributed by atoms with Gasteiger partial charge in [0.25, 0.3) is 5.91 Å². The van der Waals surface area contributed by atoms with Gasteiger partial charge in [-0.15, -0.1) is 6.58 Å². The van der Waals surface area contributed by atoms with Gasteiger partial charge in [-0.2, -0.15) is 0 Å². The molecule has 1 unspecified atom stereocenters. The molecular weight excluding hydrogens is 261 g/mol. The zero-order chi connectivity index (χ0) is 11.4. The molecule has 80 valence electrons. The number of carbonyl (C=O) groups is 1. The molecule has 0 saturated carbocycles. The Balaban J connectivity index is 2.91. The van der Waals surface area contributed by atoms with Gasteiger partial charge in [-0.25, -0.2) is 4.39 Å². The first-order chi connectivity index (χ1) is 7.06. The summed E-state index contributed by atoms with van der Waals surface area (Å²) in [6, 6.07) is 4.41. The summed E-state index contributed by atoms with van der Waals surface area (Å²) in [5.41, 5.74) is 0.0260. The van der Waals surface area contributed by atoms with Gasteiger partial charge in [0.15, 0.2) is 0 Å². The van der Waals surface area contributed by atoms with E-state index in [2.05, 4.69) is 27.8 Å². The van der Waals surface area contributed by atoms with Crippen LogP contribution in [0, 0.1) is 5.82 Å². The average Bonchev–Trinajstić information content (AvgIpc) is 2.21. The fourth-order valence-corrected chi connectivity index (χ4v) is 1.39. The van der Waals surface area contributed by atoms with E-state index >= 15 is 0 Å². The summed E-state index contributed by atoms with van der Waals surface area (Å²) in [5.74, 6) is -0.993. The summed E-state index contributed by atoms with van der Waals surface area (Å²) in [4.78, 5) is 11.6. The number of benzene rings is 1. The Kier molecular flexibility index (Phi) is 4.03. The smallest absolute Gasteiger partial charge is 0.254 e. The van der Waals surface area contributed by atoms with Gasteiger partial charge in [-0.1, -0.05) is 12.1 Å². The van der Waals surface area contributed by atoms with E-state index in [-0.39, 0.29) is 16.1 Å². The molecule has 1 rings (SSSR count). The summed E-state index contributed by atoms with van der Waals surface area (Å²) in [6.07, 6.45) is 1.58. The van der Waals surface area contributed by atoms with Crippen molar-refractivity contribution in [3.8, 4) is 0 Å². The lowest BCUT2D eigenvalue weighted by atomic mass is 10.2. The third-order valence-corrected chi connectivity index (χ3v) is 2.52. The van der Waals surface area contributed by atoms with Gasteiger partial charge >= 0.3 is 0 Å². The van der Waals surface area contributed by atoms with E-state index in [4.69, 9.17) is 0 Å². The molecule has 0 aliphatic rings. The number of hydrogen-bond acceptors (Lipinski definition) is 1. The second-order valence-electron chi connectivity index (χ2n) is 3.10. The molecule has 0 aliphatic carbocycles. The van der Waals surface area contributed by atoms with Crippen LogP contribution < -0.4 is 5.32 Å². The third-order valence-electron chi connectivity index (χ3n) is 1.91. The minimum absolute atomic E-state index is 0.0260. The van der Waals surface area contributed by atoms with Crippen molar-refractivity contribution < 1.29 is 9.18 Å². The Morgan fingerprint density at radius 3 is 2.93 bits per heavy atom. The van der Waals surface area contributed by atoms with E-state index in [0.29, 0.717) is 0 Å². The Morgan fingerprint density at radius 2 is 2.33 bits per heavy atom. The molecule has 4 heteroatoms. The SMILES string of the molecule is C=CC(C)NC(=O)c1cccc(Br)c1F. The molecule has 15 heavy (non-hydrogen) atoms. The quantitative estimate of drug-likeness (QED) is 0.842. The van der Waals surface area contributed by atoms with Crippen molar-refractivity contribution in [3.05, 3.63) is 46.7 Å². The minimum atomic E-state index is -0.550. The number of halogens is 2. The highest BCUT2D eigenvalue weighted by Crippen LogP contribution is 2.18. The predicted molar refractivity (Wildman–Crippen MR) is 61.2 cm³/mol. The van der Waals surface area contributed by atoms with Gasteiger partial charge in [0.05, 0.1) is 10.0 Å². The zero-order valence-electron chi connectivity index (χ0n) is 8.26. The first-order valence-corrected chi connectivity index (χ1v) is 5.23. The maximum atomic E-state index is 13.5. The van der Waals surface area contributed by atoms with Crippen molar-refractivity contribution in [1.82, 2.24) is 5.32 Å². The molecule has 0 saturated heterocycles. The molecule has 0 bridgehead atoms. The van der Waals surface area contributed by atoms with Crippen molar-refractivity contribution in [2.45, 2.75) is 13.0 Å². The fourth-order valence-electron chi connectivity index (χ4n) is 1.02. The van der Waals surface area contributed by atoms with Crippen LogP contribution in [0.15, 0.2) is 35.3 Å². The topological polar surface area (TPSA) is 29.1 Å². The molecule has 1 aromatic carbocycles. The monoisotopic (exact) mass is 271 g/mol. The summed E-state index contributed by atoms with van der Waals surface area (Å²) < 4.78 is 13.8. The van der Waals surface area contributed by atoms with E-state index in [0.717, 1.165) is 0 Å². The Hall–Kier alpha value is -1.16. The maximum Gasteiger partial charge on any atom is 0.254 e. The number of amides is 1. The largest absolute Gasteiger partial charge is 0.346 e. The molecule has 2 nitrogen and oxygen atoms in total. The highest BCUT2D eigenvalue weighted by atomic mass is 79.9. The van der Waals surface area contributed by atoms with Crippen molar-refractivity contribution in [3.63, 3.8) is 0 Å². The predicted octanol–water partition coefficient (Wildman–Crippen LogP) is 2.89. The molecule has 0 spiro atoms. The number of nitrogens with one attached hydrogen (secondary N) is 1. The van der Waals surface area contributed by atoms with Crippen molar-refractivity contribution >= 4 is 21.8 Å². The lowest BCUT2D eigenvalue weighted by Gasteiger charge is -2.10. The van der Waals surface area contributed by atoms with Crippen LogP contribution in [0.4, 0.5) is 4.39 Å². The Morgan fingerprint density at radius 1 is 1.67 bits per heavy atom. The molecule has 1 aromatic rings. The lowest BCUT2D eigenvalue weighted by molar-refractivity contribution is 0.0943. The van der Waals surface area contributed by atoms with E-state index in [1.54, 1.807) is 25.1 Å². The molecule has 1 atom stereocenters. The van der Waals surface area contributed by atoms with Crippen LogP contribution in [-0.4, -0.2) is 11.9 Å². The van der Waals surface area contributed by atoms with Crippen molar-refractivity contribution in [1.29, 1.82) is 0 Å². The minimum Gasteiger partial charge on any atom is -0.346 e. The van der Waals surface area contributed by atoms with E-state index < -0.39 is 11.7 Å². The Labute approximate surface area is 96.3 Å². The van der Waals surface area contributed by atoms with Gasteiger partial charge in [0.1, 0.15) is 5.82 Å². The van der Waals surface area contributed by atoms with Crippen LogP contribution in [0.2, 0.25) is 0 Å². The fraction of sp³-hybridized carbons (Fsp3) is 0.182. The first kappa shape index (κ1) is 11.9. The molecule has 1 amide bonds. The van der Waals surface area contributed by atoms with Crippen molar-refractivity contribution in [2.24, 2.45) is 0 Å². The summed E-state index contributed by atoms with van der Waals surface area (Å²) >= 11 is 3.02. The van der Waals surface area contributed by atoms with Gasteiger partial charge in [-0.3, -0.25) is 4.79 Å². The van der Waals surface area contributed by atoms with Crippen LogP contribution in [0.5, 0.6) is 0 Å². The second kappa shape index (κ2) is 5.07. The number of carbonyl (C=O) groups excluding carboxylic acids is 1. The first-order valence-electron chi connectivity index (χ1n) is 4.43. The summed E-state index contributed by atoms with van der Waals surface area (Å²) in [5, 5.41) is 2.60. The molecule has 0 heterocycles. The number of hydrogen-bond donors (Lipinski definition) is 1. The maximum absolute atomic E-state index is 13.5. The molecule has 1 N–H and O–H groups in total. The standard InChI is InChI=1S/C11H11BrFNO/c1-3-7(2)14-11(15)8-5-4-6-9(12)10(8)13/h3-7H,1H2,2H3,(H,14,15). The van der Waals surface area contributed by atoms with Gasteiger partial charge in [-0.05, 0) is 35.0 Å². The Bertz CT molecular complexity index is 392. The van der Waals surface area contributed by atoms with Crippen LogP contribution in [0.25, 0.3) is 0 Å². The summed E-state index contributed by atoms with van der Waals surface area (Å²) in [7, 11) is 0. The second-order valence-corrected chi connectivity index (χ2v) is 3.95. The van der Waals surface area contributed by atoms with E-state index in [1.807, 2.05) is 0 Å². The highest BCUT2D eigenvalue weighted by molar-refractivity contribution is 9.10. The van der Waals surface area contributed by atoms with Gasteiger partial charge in [0.2, 0.25) is 0 Å². The molecule has 0 radical (unpaired) electrons. The van der Waals surface area contributed by atoms with E-state index in [9.17, 15) is 9.18 Å². The average molecular weight is 272 g/mol. The van der Waals surface area contributed by atoms with Gasteiger partial charge in [0, 0.05) is 6.04 Å². The molecule has 0 aliphatic heterocycles. The van der Waals surface area contributed by atoms with Crippen molar-refractivity contribution in [2.75, 3.05) is 0 Å². The normalized spacial score (nSPS) is 11.9. The molecule has 0 aromatic heterocycles. The van der Waals surface area contributed by atoms with E-state index in [1.165, 1.54) is 6.07 Å². The molecule has 0 fully saturated rings. The van der Waals surface area contributed by atoms with Crippen LogP contribution in [0.3, 0.4) is 0 Å². The zero-order valence-corrected chi connectivity index (χ0v) is 9.84. The number of rotatable bonds is 3. The van der Waals surface area contributed by atoms with Crippen LogP contribution in [-0.2, 0) is 0 Å². The highest BCUT2D eigenvalue weighted by Gasteiger charge is 2.14. The summed E-state index contributed by atoms with van der Waals surface area (Å²) in [6.45, 7) is 5.29. The lowest BCUT2D eigenvalue weighted by Crippen LogP contribution is -2.31. The van der Waals surface area contributed by atoms with Crippen LogP contribution in [0.1, 0.15) is 17.3 Å².